The fourth-order valence-electron chi connectivity index (χ4n) is 2.03. The predicted molar refractivity (Wildman–Crippen MR) is 82.7 cm³/mol. The van der Waals surface area contributed by atoms with Gasteiger partial charge >= 0.3 is 0 Å². The van der Waals surface area contributed by atoms with E-state index in [0.717, 1.165) is 0 Å². The number of amides is 2. The van der Waals surface area contributed by atoms with E-state index in [0.29, 0.717) is 24.5 Å². The lowest BCUT2D eigenvalue weighted by molar-refractivity contribution is -0.123. The van der Waals surface area contributed by atoms with Crippen LogP contribution in [0.15, 0.2) is 30.7 Å². The summed E-state index contributed by atoms with van der Waals surface area (Å²) >= 11 is 0. The second kappa shape index (κ2) is 6.93. The summed E-state index contributed by atoms with van der Waals surface area (Å²) in [6.45, 7) is 4.43. The van der Waals surface area contributed by atoms with E-state index >= 15 is 0 Å². The van der Waals surface area contributed by atoms with Crippen LogP contribution in [0.2, 0.25) is 0 Å². The molecular formula is C15H21N5O2. The van der Waals surface area contributed by atoms with Crippen LogP contribution >= 0.6 is 0 Å². The van der Waals surface area contributed by atoms with E-state index in [2.05, 4.69) is 15.7 Å². The topological polar surface area (TPSA) is 81.0 Å². The number of carbonyl (C=O) groups excluding carboxylic acids is 2. The molecule has 0 aromatic carbocycles. The summed E-state index contributed by atoms with van der Waals surface area (Å²) in [7, 11) is 1.79. The van der Waals surface area contributed by atoms with Gasteiger partial charge in [0.1, 0.15) is 11.4 Å². The van der Waals surface area contributed by atoms with Crippen molar-refractivity contribution < 1.29 is 9.59 Å². The van der Waals surface area contributed by atoms with Crippen molar-refractivity contribution in [2.24, 2.45) is 13.0 Å². The third-order valence-electron chi connectivity index (χ3n) is 3.24. The number of nitrogens with zero attached hydrogens (tertiary/aromatic N) is 3. The first kappa shape index (κ1) is 15.8. The largest absolute Gasteiger partial charge is 0.354 e. The molecule has 0 bridgehead atoms. The highest BCUT2D eigenvalue weighted by atomic mass is 16.2. The zero-order valence-corrected chi connectivity index (χ0v) is 13.0. The molecule has 2 heterocycles. The van der Waals surface area contributed by atoms with Crippen molar-refractivity contribution >= 4 is 11.8 Å². The van der Waals surface area contributed by atoms with Crippen LogP contribution in [0, 0.1) is 5.92 Å². The van der Waals surface area contributed by atoms with Gasteiger partial charge in [0.2, 0.25) is 5.91 Å². The number of rotatable bonds is 6. The molecule has 0 fully saturated rings. The summed E-state index contributed by atoms with van der Waals surface area (Å²) in [5.41, 5.74) is 0.494. The normalized spacial score (nSPS) is 10.7. The Kier molecular flexibility index (Phi) is 4.98. The van der Waals surface area contributed by atoms with Crippen LogP contribution in [0.3, 0.4) is 0 Å². The Bertz CT molecular complexity index is 643. The molecule has 0 aliphatic heterocycles. The van der Waals surface area contributed by atoms with E-state index in [4.69, 9.17) is 0 Å². The molecule has 0 radical (unpaired) electrons. The molecule has 2 amide bonds. The predicted octanol–water partition coefficient (Wildman–Crippen LogP) is 0.713. The molecular weight excluding hydrogens is 282 g/mol. The highest BCUT2D eigenvalue weighted by Gasteiger charge is 2.16. The maximum absolute atomic E-state index is 12.3. The fraction of sp³-hybridized carbons (Fsp3) is 0.400. The van der Waals surface area contributed by atoms with Gasteiger partial charge in [0.25, 0.3) is 5.91 Å². The van der Waals surface area contributed by atoms with Crippen LogP contribution in [-0.2, 0) is 11.8 Å². The number of hydrogen-bond donors (Lipinski definition) is 2. The smallest absolute Gasteiger partial charge is 0.256 e. The van der Waals surface area contributed by atoms with Crippen molar-refractivity contribution in [2.45, 2.75) is 13.8 Å². The molecule has 0 unspecified atom stereocenters. The van der Waals surface area contributed by atoms with Crippen LogP contribution in [0.5, 0.6) is 0 Å². The quantitative estimate of drug-likeness (QED) is 0.771. The molecule has 0 aliphatic carbocycles. The molecule has 118 valence electrons. The summed E-state index contributed by atoms with van der Waals surface area (Å²) in [6, 6.07) is 3.77. The van der Waals surface area contributed by atoms with E-state index in [1.807, 2.05) is 42.9 Å². The molecule has 2 aromatic heterocycles. The molecule has 0 aliphatic rings. The molecule has 2 N–H and O–H groups in total. The molecule has 0 atom stereocenters. The molecule has 2 rings (SSSR count). The Balaban J connectivity index is 1.95. The standard InChI is InChI=1S/C15H21N5O2/c1-11(2)13(21)16-6-7-17-14(22)12-10-18-19(3)15(12)20-8-4-5-9-20/h4-5,8-11H,6-7H2,1-3H3,(H,16,21)(H,17,22). The van der Waals surface area contributed by atoms with Gasteiger partial charge in [0, 0.05) is 38.4 Å². The van der Waals surface area contributed by atoms with Crippen molar-refractivity contribution in [3.05, 3.63) is 36.3 Å². The minimum absolute atomic E-state index is 0.0244. The van der Waals surface area contributed by atoms with Gasteiger partial charge in [-0.1, -0.05) is 13.8 Å². The lowest BCUT2D eigenvalue weighted by Crippen LogP contribution is -2.36. The Labute approximate surface area is 129 Å². The number of hydrogen-bond acceptors (Lipinski definition) is 3. The van der Waals surface area contributed by atoms with E-state index < -0.39 is 0 Å². The minimum atomic E-state index is -0.212. The average molecular weight is 303 g/mol. The Morgan fingerprint density at radius 2 is 1.82 bits per heavy atom. The monoisotopic (exact) mass is 303 g/mol. The van der Waals surface area contributed by atoms with Gasteiger partial charge in [-0.3, -0.25) is 14.3 Å². The first-order chi connectivity index (χ1) is 10.5. The van der Waals surface area contributed by atoms with Gasteiger partial charge in [0.05, 0.1) is 6.20 Å². The van der Waals surface area contributed by atoms with Gasteiger partial charge < -0.3 is 15.2 Å². The maximum Gasteiger partial charge on any atom is 0.256 e. The van der Waals surface area contributed by atoms with Crippen molar-refractivity contribution in [3.8, 4) is 5.82 Å². The maximum atomic E-state index is 12.3. The molecule has 7 heteroatoms. The Hall–Kier alpha value is -2.57. The number of carbonyl (C=O) groups is 2. The van der Waals surface area contributed by atoms with Crippen molar-refractivity contribution in [3.63, 3.8) is 0 Å². The van der Waals surface area contributed by atoms with E-state index in [1.165, 1.54) is 6.20 Å². The van der Waals surface area contributed by atoms with Gasteiger partial charge in [-0.2, -0.15) is 5.10 Å². The fourth-order valence-corrected chi connectivity index (χ4v) is 2.03. The average Bonchev–Trinajstić information content (AvgIpc) is 3.11. The molecule has 7 nitrogen and oxygen atoms in total. The zero-order chi connectivity index (χ0) is 16.1. The Morgan fingerprint density at radius 3 is 2.45 bits per heavy atom. The molecule has 2 aromatic rings. The summed E-state index contributed by atoms with van der Waals surface area (Å²) in [5.74, 6) is 0.405. The first-order valence-corrected chi connectivity index (χ1v) is 7.22. The number of aryl methyl sites for hydroxylation is 1. The molecule has 0 spiro atoms. The highest BCUT2D eigenvalue weighted by molar-refractivity contribution is 5.97. The number of aromatic nitrogens is 3. The molecule has 22 heavy (non-hydrogen) atoms. The van der Waals surface area contributed by atoms with E-state index in [1.54, 1.807) is 11.7 Å². The second-order valence-corrected chi connectivity index (χ2v) is 5.30. The van der Waals surface area contributed by atoms with Gasteiger partial charge in [-0.05, 0) is 12.1 Å². The van der Waals surface area contributed by atoms with Gasteiger partial charge in [-0.25, -0.2) is 0 Å². The van der Waals surface area contributed by atoms with E-state index in [-0.39, 0.29) is 17.7 Å². The van der Waals surface area contributed by atoms with Crippen LogP contribution in [0.25, 0.3) is 5.82 Å². The van der Waals surface area contributed by atoms with Crippen LogP contribution < -0.4 is 10.6 Å². The SMILES string of the molecule is CC(C)C(=O)NCCNC(=O)c1cnn(C)c1-n1cccc1. The van der Waals surface area contributed by atoms with Crippen LogP contribution in [-0.4, -0.2) is 39.3 Å². The zero-order valence-electron chi connectivity index (χ0n) is 13.0. The molecule has 0 saturated carbocycles. The van der Waals surface area contributed by atoms with Crippen molar-refractivity contribution in [2.75, 3.05) is 13.1 Å². The van der Waals surface area contributed by atoms with Gasteiger partial charge in [-0.15, -0.1) is 0 Å². The second-order valence-electron chi connectivity index (χ2n) is 5.30. The van der Waals surface area contributed by atoms with Crippen LogP contribution in [0.4, 0.5) is 0 Å². The van der Waals surface area contributed by atoms with Crippen molar-refractivity contribution in [1.29, 1.82) is 0 Å². The van der Waals surface area contributed by atoms with E-state index in [9.17, 15) is 9.59 Å². The third-order valence-corrected chi connectivity index (χ3v) is 3.24. The van der Waals surface area contributed by atoms with Crippen LogP contribution in [0.1, 0.15) is 24.2 Å². The third kappa shape index (κ3) is 3.55. The van der Waals surface area contributed by atoms with Gasteiger partial charge in [0.15, 0.2) is 0 Å². The summed E-state index contributed by atoms with van der Waals surface area (Å²) in [6.07, 6.45) is 5.25. The first-order valence-electron chi connectivity index (χ1n) is 7.22. The summed E-state index contributed by atoms with van der Waals surface area (Å²) in [5, 5.41) is 9.68. The summed E-state index contributed by atoms with van der Waals surface area (Å²) < 4.78 is 3.48. The number of nitrogens with one attached hydrogen (secondary N) is 2. The van der Waals surface area contributed by atoms with Crippen molar-refractivity contribution in [1.82, 2.24) is 25.0 Å². The highest BCUT2D eigenvalue weighted by Crippen LogP contribution is 2.13. The summed E-state index contributed by atoms with van der Waals surface area (Å²) in [4.78, 5) is 23.7. The minimum Gasteiger partial charge on any atom is -0.354 e. The lowest BCUT2D eigenvalue weighted by Gasteiger charge is -2.10. The molecule has 0 saturated heterocycles. The Morgan fingerprint density at radius 1 is 1.18 bits per heavy atom. The lowest BCUT2D eigenvalue weighted by atomic mass is 10.2.